The Bertz CT molecular complexity index is 1190. The van der Waals surface area contributed by atoms with Crippen LogP contribution < -0.4 is 28.4 Å². The summed E-state index contributed by atoms with van der Waals surface area (Å²) in [4.78, 5) is 0. The molecule has 12 heteroatoms. The molecule has 0 aliphatic heterocycles. The molecule has 1 unspecified atom stereocenters. The van der Waals surface area contributed by atoms with Crippen molar-refractivity contribution in [3.8, 4) is 34.5 Å². The summed E-state index contributed by atoms with van der Waals surface area (Å²) in [5, 5.41) is 61.4. The Morgan fingerprint density at radius 2 is 1.12 bits per heavy atom. The maximum absolute atomic E-state index is 11.2. The predicted octanol–water partition coefficient (Wildman–Crippen LogP) is 0.402. The van der Waals surface area contributed by atoms with Crippen molar-refractivity contribution in [1.29, 1.82) is 0 Å². The predicted molar refractivity (Wildman–Crippen MR) is 148 cm³/mol. The van der Waals surface area contributed by atoms with Gasteiger partial charge in [-0.2, -0.15) is 0 Å². The van der Waals surface area contributed by atoms with Gasteiger partial charge in [-0.1, -0.05) is 0 Å². The molecule has 228 valence electrons. The number of aliphatic hydroxyl groups is 6. The molecule has 12 nitrogen and oxygen atoms in total. The Morgan fingerprint density at radius 3 is 1.59 bits per heavy atom. The minimum Gasteiger partial charge on any atom is -0.496 e. The fraction of sp³-hybridized carbons (Fsp3) is 0.483. The zero-order valence-corrected chi connectivity index (χ0v) is 24.0. The van der Waals surface area contributed by atoms with Crippen LogP contribution >= 0.6 is 0 Å². The number of hydrogen-bond acceptors (Lipinski definition) is 12. The van der Waals surface area contributed by atoms with E-state index in [4.69, 9.17) is 33.5 Å². The minimum absolute atomic E-state index is 0.0629. The van der Waals surface area contributed by atoms with Crippen molar-refractivity contribution in [1.82, 2.24) is 0 Å². The van der Waals surface area contributed by atoms with E-state index in [9.17, 15) is 25.5 Å². The van der Waals surface area contributed by atoms with Gasteiger partial charge in [-0.15, -0.1) is 5.73 Å². The van der Waals surface area contributed by atoms with E-state index in [1.165, 1.54) is 42.7 Å². The number of methoxy groups -OCH3 is 6. The van der Waals surface area contributed by atoms with E-state index in [1.807, 2.05) is 0 Å². The van der Waals surface area contributed by atoms with E-state index in [1.54, 1.807) is 30.3 Å². The summed E-state index contributed by atoms with van der Waals surface area (Å²) < 4.78 is 32.8. The Hall–Kier alpha value is -3.48. The zero-order chi connectivity index (χ0) is 30.7. The number of rotatable bonds is 16. The van der Waals surface area contributed by atoms with Gasteiger partial charge in [-0.25, -0.2) is 0 Å². The highest BCUT2D eigenvalue weighted by atomic mass is 16.5. The molecule has 0 heterocycles. The van der Waals surface area contributed by atoms with E-state index in [2.05, 4.69) is 5.73 Å². The number of hydrogen-bond donors (Lipinski definition) is 6. The monoisotopic (exact) mass is 580 g/mol. The lowest BCUT2D eigenvalue weighted by molar-refractivity contribution is -0.134. The maximum atomic E-state index is 11.2. The number of ether oxygens (including phenoxy) is 6. The largest absolute Gasteiger partial charge is 0.496 e. The van der Waals surface area contributed by atoms with Crippen molar-refractivity contribution in [3.05, 3.63) is 52.8 Å². The molecule has 2 aromatic rings. The summed E-state index contributed by atoms with van der Waals surface area (Å²) in [5.74, 6) is 2.49. The van der Waals surface area contributed by atoms with Crippen molar-refractivity contribution in [2.45, 2.75) is 43.4 Å². The third-order valence-electron chi connectivity index (χ3n) is 6.57. The number of benzene rings is 2. The molecule has 0 bridgehead atoms. The van der Waals surface area contributed by atoms with Crippen LogP contribution in [-0.2, 0) is 12.8 Å². The molecule has 0 aromatic heterocycles. The molecule has 0 aliphatic carbocycles. The van der Waals surface area contributed by atoms with Crippen LogP contribution in [-0.4, -0.2) is 110 Å². The van der Waals surface area contributed by atoms with Crippen LogP contribution in [0, 0.1) is 0 Å². The van der Waals surface area contributed by atoms with Gasteiger partial charge in [0.1, 0.15) is 42.0 Å². The lowest BCUT2D eigenvalue weighted by Gasteiger charge is -2.29. The second kappa shape index (κ2) is 16.1. The highest BCUT2D eigenvalue weighted by molar-refractivity contribution is 5.56. The lowest BCUT2D eigenvalue weighted by atomic mass is 9.91. The van der Waals surface area contributed by atoms with Crippen LogP contribution in [0.4, 0.5) is 0 Å². The fourth-order valence-corrected chi connectivity index (χ4v) is 4.33. The summed E-state index contributed by atoms with van der Waals surface area (Å²) in [5.41, 5.74) is 4.11. The fourth-order valence-electron chi connectivity index (χ4n) is 4.33. The van der Waals surface area contributed by atoms with Gasteiger partial charge in [0.25, 0.3) is 0 Å². The van der Waals surface area contributed by atoms with Gasteiger partial charge in [0, 0.05) is 29.5 Å². The van der Waals surface area contributed by atoms with Crippen molar-refractivity contribution in [3.63, 3.8) is 0 Å². The highest BCUT2D eigenvalue weighted by Gasteiger charge is 2.36. The van der Waals surface area contributed by atoms with Gasteiger partial charge < -0.3 is 59.1 Å². The summed E-state index contributed by atoms with van der Waals surface area (Å²) in [6, 6.07) is 6.69. The van der Waals surface area contributed by atoms with E-state index >= 15 is 0 Å². The molecule has 0 saturated heterocycles. The van der Waals surface area contributed by atoms with Crippen LogP contribution in [0.2, 0.25) is 0 Å². The molecule has 5 atom stereocenters. The van der Waals surface area contributed by atoms with Crippen molar-refractivity contribution in [2.75, 3.05) is 49.3 Å². The first kappa shape index (κ1) is 33.7. The smallest absolute Gasteiger partial charge is 0.167 e. The summed E-state index contributed by atoms with van der Waals surface area (Å²) in [7, 11) is 8.84. The van der Waals surface area contributed by atoms with Gasteiger partial charge in [-0.3, -0.25) is 0 Å². The Labute approximate surface area is 239 Å². The van der Waals surface area contributed by atoms with Gasteiger partial charge >= 0.3 is 0 Å². The SMILES string of the molecule is COc1ccc(OC)c(OC)c1CC=C=C(Cc1c(OC)ccc(OC)c1OC)C(O)[C@@H](O)[C@@H](O)[C@H](O)[C@@H](O)CO. The molecule has 2 rings (SSSR count). The van der Waals surface area contributed by atoms with Crippen molar-refractivity contribution in [2.24, 2.45) is 0 Å². The lowest BCUT2D eigenvalue weighted by Crippen LogP contribution is -2.50. The average Bonchev–Trinajstić information content (AvgIpc) is 3.01. The standard InChI is InChI=1S/C29H40O12/c1-36-20-10-12-22(38-3)28(40-5)17(20)9-7-8-16(24(32)26(34)27(35)25(33)19(31)15-30)14-18-21(37-2)11-13-23(39-4)29(18)41-6/h7,10-13,19,24-27,30-35H,9,14-15H2,1-6H3/t8?,19-,24?,25+,26+,27-/m0/s1. The molecular formula is C29H40O12. The first-order valence-corrected chi connectivity index (χ1v) is 12.6. The molecule has 6 N–H and O–H groups in total. The number of aliphatic hydroxyl groups excluding tert-OH is 6. The third kappa shape index (κ3) is 7.84. The van der Waals surface area contributed by atoms with Crippen LogP contribution in [0.15, 0.2) is 41.6 Å². The van der Waals surface area contributed by atoms with E-state index in [0.717, 1.165) is 0 Å². The Kier molecular flexibility index (Phi) is 13.2. The quantitative estimate of drug-likeness (QED) is 0.151. The van der Waals surface area contributed by atoms with Gasteiger partial charge in [0.2, 0.25) is 0 Å². The topological polar surface area (TPSA) is 177 Å². The van der Waals surface area contributed by atoms with Crippen LogP contribution in [0.25, 0.3) is 0 Å². The molecule has 2 aromatic carbocycles. The second-order valence-electron chi connectivity index (χ2n) is 8.88. The average molecular weight is 581 g/mol. The second-order valence-corrected chi connectivity index (χ2v) is 8.88. The highest BCUT2D eigenvalue weighted by Crippen LogP contribution is 2.40. The third-order valence-corrected chi connectivity index (χ3v) is 6.57. The molecular weight excluding hydrogens is 540 g/mol. The summed E-state index contributed by atoms with van der Waals surface area (Å²) in [6.07, 6.45) is -7.83. The van der Waals surface area contributed by atoms with Crippen molar-refractivity contribution >= 4 is 0 Å². The summed E-state index contributed by atoms with van der Waals surface area (Å²) >= 11 is 0. The molecule has 0 amide bonds. The van der Waals surface area contributed by atoms with Crippen LogP contribution in [0.5, 0.6) is 34.5 Å². The maximum Gasteiger partial charge on any atom is 0.167 e. The van der Waals surface area contributed by atoms with Crippen LogP contribution in [0.1, 0.15) is 11.1 Å². The Morgan fingerprint density at radius 1 is 0.659 bits per heavy atom. The molecule has 0 spiro atoms. The molecule has 0 saturated carbocycles. The molecule has 0 aliphatic rings. The first-order chi connectivity index (χ1) is 19.6. The minimum atomic E-state index is -2.02. The van der Waals surface area contributed by atoms with Gasteiger partial charge in [0.15, 0.2) is 23.0 Å². The normalized spacial score (nSPS) is 14.5. The zero-order valence-electron chi connectivity index (χ0n) is 24.0. The van der Waals surface area contributed by atoms with E-state index in [0.29, 0.717) is 45.6 Å². The first-order valence-electron chi connectivity index (χ1n) is 12.6. The molecule has 0 fully saturated rings. The van der Waals surface area contributed by atoms with E-state index < -0.39 is 37.1 Å². The van der Waals surface area contributed by atoms with Gasteiger partial charge in [0.05, 0.1) is 49.3 Å². The molecule has 41 heavy (non-hydrogen) atoms. The van der Waals surface area contributed by atoms with Crippen LogP contribution in [0.3, 0.4) is 0 Å². The Balaban J connectivity index is 2.67. The molecule has 0 radical (unpaired) electrons. The van der Waals surface area contributed by atoms with Crippen molar-refractivity contribution < 1.29 is 59.1 Å². The summed E-state index contributed by atoms with van der Waals surface area (Å²) in [6.45, 7) is -0.869. The van der Waals surface area contributed by atoms with E-state index in [-0.39, 0.29) is 18.4 Å². The van der Waals surface area contributed by atoms with Gasteiger partial charge in [-0.05, 0) is 30.3 Å².